The summed E-state index contributed by atoms with van der Waals surface area (Å²) in [7, 11) is 0. The van der Waals surface area contributed by atoms with Crippen molar-refractivity contribution >= 4 is 30.1 Å². The highest BCUT2D eigenvalue weighted by Crippen LogP contribution is 2.04. The van der Waals surface area contributed by atoms with E-state index in [0.29, 0.717) is 5.75 Å². The molecule has 11 heavy (non-hydrogen) atoms. The van der Waals surface area contributed by atoms with Crippen LogP contribution in [0.1, 0.15) is 6.92 Å². The van der Waals surface area contributed by atoms with Gasteiger partial charge in [-0.25, -0.2) is 0 Å². The lowest BCUT2D eigenvalue weighted by Crippen LogP contribution is -2.33. The molecule has 0 fully saturated rings. The van der Waals surface area contributed by atoms with Gasteiger partial charge in [0.15, 0.2) is 0 Å². The van der Waals surface area contributed by atoms with Gasteiger partial charge in [-0.15, -0.1) is 24.2 Å². The molecule has 0 saturated heterocycles. The predicted octanol–water partition coefficient (Wildman–Crippen LogP) is -0.142. The molecule has 0 saturated carbocycles. The number of carboxylic acids is 1. The van der Waals surface area contributed by atoms with Crippen LogP contribution in [0.5, 0.6) is 0 Å². The summed E-state index contributed by atoms with van der Waals surface area (Å²) in [6.45, 7) is 1.79. The first-order chi connectivity index (χ1) is 4.54. The SMILES string of the molecule is CC(N)SC[C@@H](N)C(=O)O.Cl. The standard InChI is InChI=1S/C5H12N2O2S.ClH/c1-3(6)10-2-4(7)5(8)9;/h3-4H,2,6-7H2,1H3,(H,8,9);1H/t3?,4-;/m1./s1. The number of hydrogen-bond acceptors (Lipinski definition) is 4. The molecule has 0 heterocycles. The summed E-state index contributed by atoms with van der Waals surface area (Å²) in [5.41, 5.74) is 10.5. The summed E-state index contributed by atoms with van der Waals surface area (Å²) in [5.74, 6) is -0.611. The number of hydrogen-bond donors (Lipinski definition) is 3. The zero-order chi connectivity index (χ0) is 8.15. The quantitative estimate of drug-likeness (QED) is 0.550. The number of thioether (sulfide) groups is 1. The maximum atomic E-state index is 10.1. The summed E-state index contributed by atoms with van der Waals surface area (Å²) in [5, 5.41) is 8.27. The molecule has 0 radical (unpaired) electrons. The number of halogens is 1. The smallest absolute Gasteiger partial charge is 0.321 e. The largest absolute Gasteiger partial charge is 0.480 e. The van der Waals surface area contributed by atoms with E-state index in [1.54, 1.807) is 6.92 Å². The van der Waals surface area contributed by atoms with Gasteiger partial charge in [-0.3, -0.25) is 4.79 Å². The van der Waals surface area contributed by atoms with Crippen LogP contribution in [0, 0.1) is 0 Å². The van der Waals surface area contributed by atoms with Crippen molar-refractivity contribution in [3.8, 4) is 0 Å². The number of carboxylic acid groups (broad SMARTS) is 1. The third-order valence-corrected chi connectivity index (χ3v) is 1.93. The number of nitrogens with two attached hydrogens (primary N) is 2. The molecule has 4 nitrogen and oxygen atoms in total. The summed E-state index contributed by atoms with van der Waals surface area (Å²) in [6.07, 6.45) is 0. The monoisotopic (exact) mass is 200 g/mol. The molecule has 68 valence electrons. The highest BCUT2D eigenvalue weighted by Gasteiger charge is 2.11. The van der Waals surface area contributed by atoms with Gasteiger partial charge in [-0.2, -0.15) is 0 Å². The Morgan fingerprint density at radius 1 is 1.64 bits per heavy atom. The summed E-state index contributed by atoms with van der Waals surface area (Å²) in [4.78, 5) is 10.1. The van der Waals surface area contributed by atoms with Gasteiger partial charge in [-0.05, 0) is 6.92 Å². The molecule has 5 N–H and O–H groups in total. The van der Waals surface area contributed by atoms with Crippen LogP contribution < -0.4 is 11.5 Å². The van der Waals surface area contributed by atoms with E-state index in [1.165, 1.54) is 11.8 Å². The fourth-order valence-corrected chi connectivity index (χ4v) is 0.980. The van der Waals surface area contributed by atoms with Gasteiger partial charge < -0.3 is 16.6 Å². The lowest BCUT2D eigenvalue weighted by atomic mass is 10.4. The van der Waals surface area contributed by atoms with Crippen molar-refractivity contribution in [1.82, 2.24) is 0 Å². The van der Waals surface area contributed by atoms with Crippen molar-refractivity contribution in [2.75, 3.05) is 5.75 Å². The summed E-state index contributed by atoms with van der Waals surface area (Å²) >= 11 is 1.34. The lowest BCUT2D eigenvalue weighted by Gasteiger charge is -2.07. The average molecular weight is 201 g/mol. The minimum Gasteiger partial charge on any atom is -0.480 e. The van der Waals surface area contributed by atoms with E-state index in [0.717, 1.165) is 0 Å². The second kappa shape index (κ2) is 6.72. The molecule has 6 heteroatoms. The molecule has 0 bridgehead atoms. The Hall–Kier alpha value is 0.0300. The van der Waals surface area contributed by atoms with E-state index in [-0.39, 0.29) is 17.8 Å². The van der Waals surface area contributed by atoms with Crippen LogP contribution in [-0.4, -0.2) is 28.2 Å². The maximum absolute atomic E-state index is 10.1. The van der Waals surface area contributed by atoms with Crippen LogP contribution >= 0.6 is 24.2 Å². The normalized spacial score (nSPS) is 14.8. The summed E-state index contributed by atoms with van der Waals surface area (Å²) in [6, 6.07) is -0.795. The molecule has 0 aliphatic rings. The number of aliphatic carboxylic acids is 1. The molecule has 0 spiro atoms. The van der Waals surface area contributed by atoms with Crippen LogP contribution in [-0.2, 0) is 4.79 Å². The van der Waals surface area contributed by atoms with Gasteiger partial charge in [0.1, 0.15) is 6.04 Å². The Kier molecular flexibility index (Phi) is 8.32. The van der Waals surface area contributed by atoms with Gasteiger partial charge in [0.2, 0.25) is 0 Å². The van der Waals surface area contributed by atoms with Gasteiger partial charge in [-0.1, -0.05) is 0 Å². The minimum absolute atomic E-state index is 0. The van der Waals surface area contributed by atoms with E-state index in [4.69, 9.17) is 16.6 Å². The minimum atomic E-state index is -0.979. The van der Waals surface area contributed by atoms with Crippen molar-refractivity contribution in [2.45, 2.75) is 18.3 Å². The van der Waals surface area contributed by atoms with E-state index >= 15 is 0 Å². The Labute approximate surface area is 76.1 Å². The molecular formula is C5H13ClN2O2S. The fraction of sp³-hybridized carbons (Fsp3) is 0.800. The second-order valence-electron chi connectivity index (χ2n) is 1.98. The van der Waals surface area contributed by atoms with Gasteiger partial charge in [0.25, 0.3) is 0 Å². The lowest BCUT2D eigenvalue weighted by molar-refractivity contribution is -0.137. The van der Waals surface area contributed by atoms with Crippen LogP contribution in [0.2, 0.25) is 0 Å². The topological polar surface area (TPSA) is 89.3 Å². The molecule has 0 aliphatic carbocycles. The molecule has 0 aliphatic heterocycles. The first-order valence-corrected chi connectivity index (χ1v) is 3.94. The van der Waals surface area contributed by atoms with Gasteiger partial charge in [0.05, 0.1) is 0 Å². The molecule has 0 amide bonds. The van der Waals surface area contributed by atoms with Crippen molar-refractivity contribution in [2.24, 2.45) is 11.5 Å². The average Bonchev–Trinajstić information content (AvgIpc) is 1.82. The van der Waals surface area contributed by atoms with Crippen molar-refractivity contribution in [3.63, 3.8) is 0 Å². The Morgan fingerprint density at radius 2 is 2.09 bits per heavy atom. The van der Waals surface area contributed by atoms with Crippen LogP contribution in [0.15, 0.2) is 0 Å². The van der Waals surface area contributed by atoms with Crippen LogP contribution in [0.4, 0.5) is 0 Å². The van der Waals surface area contributed by atoms with Crippen molar-refractivity contribution in [3.05, 3.63) is 0 Å². The number of carbonyl (C=O) groups is 1. The molecule has 1 unspecified atom stereocenters. The highest BCUT2D eigenvalue weighted by molar-refractivity contribution is 7.99. The Balaban J connectivity index is 0. The summed E-state index contributed by atoms with van der Waals surface area (Å²) < 4.78 is 0. The molecule has 0 aromatic rings. The van der Waals surface area contributed by atoms with E-state index in [9.17, 15) is 4.79 Å². The maximum Gasteiger partial charge on any atom is 0.321 e. The van der Waals surface area contributed by atoms with Crippen LogP contribution in [0.25, 0.3) is 0 Å². The first-order valence-electron chi connectivity index (χ1n) is 2.89. The number of rotatable bonds is 4. The molecule has 2 atom stereocenters. The Morgan fingerprint density at radius 3 is 2.36 bits per heavy atom. The molecule has 0 rings (SSSR count). The molecule has 0 aromatic carbocycles. The van der Waals surface area contributed by atoms with Crippen molar-refractivity contribution in [1.29, 1.82) is 0 Å². The van der Waals surface area contributed by atoms with Crippen LogP contribution in [0.3, 0.4) is 0 Å². The predicted molar refractivity (Wildman–Crippen MR) is 49.0 cm³/mol. The third kappa shape index (κ3) is 7.93. The van der Waals surface area contributed by atoms with E-state index in [2.05, 4.69) is 0 Å². The van der Waals surface area contributed by atoms with E-state index in [1.807, 2.05) is 0 Å². The highest BCUT2D eigenvalue weighted by atomic mass is 35.5. The first kappa shape index (κ1) is 13.6. The molecule has 0 aromatic heterocycles. The molecular weight excluding hydrogens is 188 g/mol. The van der Waals surface area contributed by atoms with Crippen molar-refractivity contribution < 1.29 is 9.90 Å². The van der Waals surface area contributed by atoms with E-state index < -0.39 is 12.0 Å². The fourth-order valence-electron chi connectivity index (χ4n) is 0.327. The van der Waals surface area contributed by atoms with Gasteiger partial charge >= 0.3 is 5.97 Å². The zero-order valence-corrected chi connectivity index (χ0v) is 7.82. The third-order valence-electron chi connectivity index (χ3n) is 0.856. The van der Waals surface area contributed by atoms with Gasteiger partial charge in [0, 0.05) is 11.1 Å². The Bertz CT molecular complexity index is 123. The zero-order valence-electron chi connectivity index (χ0n) is 6.19. The second-order valence-corrected chi connectivity index (χ2v) is 3.39.